The highest BCUT2D eigenvalue weighted by Crippen LogP contribution is 2.35. The van der Waals surface area contributed by atoms with Crippen molar-refractivity contribution < 1.29 is 27.6 Å². The van der Waals surface area contributed by atoms with E-state index in [1.54, 1.807) is 13.0 Å². The van der Waals surface area contributed by atoms with Crippen LogP contribution in [0.4, 0.5) is 17.2 Å². The Hall–Kier alpha value is -3.32. The van der Waals surface area contributed by atoms with E-state index in [4.69, 9.17) is 5.26 Å². The van der Waals surface area contributed by atoms with Gasteiger partial charge in [0.15, 0.2) is 5.82 Å². The SMILES string of the molecule is Cc1cc(N=Nc2c(C#N)c(C)nn2-c2cc(S(=O)(=O)O)ccc2SOOO)ccc1N(C)C. The van der Waals surface area contributed by atoms with Gasteiger partial charge >= 0.3 is 0 Å². The van der Waals surface area contributed by atoms with Gasteiger partial charge in [-0.05, 0) is 55.8 Å². The van der Waals surface area contributed by atoms with Crippen molar-refractivity contribution in [1.82, 2.24) is 9.78 Å². The van der Waals surface area contributed by atoms with Gasteiger partial charge in [0.25, 0.3) is 10.1 Å². The van der Waals surface area contributed by atoms with Gasteiger partial charge in [-0.1, -0.05) is 5.04 Å². The van der Waals surface area contributed by atoms with E-state index < -0.39 is 15.0 Å². The Labute approximate surface area is 199 Å². The largest absolute Gasteiger partial charge is 0.377 e. The Bertz CT molecular complexity index is 1400. The number of hydrogen-bond donors (Lipinski definition) is 2. The van der Waals surface area contributed by atoms with Crippen molar-refractivity contribution in [3.8, 4) is 11.8 Å². The van der Waals surface area contributed by atoms with Crippen LogP contribution in [-0.4, -0.2) is 42.1 Å². The number of hydrogen-bond acceptors (Lipinski definition) is 11. The van der Waals surface area contributed by atoms with E-state index in [1.165, 1.54) is 10.7 Å². The number of aromatic nitrogens is 2. The second-order valence-electron chi connectivity index (χ2n) is 7.20. The average molecular weight is 505 g/mol. The molecule has 0 aliphatic carbocycles. The van der Waals surface area contributed by atoms with Crippen LogP contribution in [0.15, 0.2) is 56.4 Å². The zero-order valence-corrected chi connectivity index (χ0v) is 20.1. The molecule has 0 amide bonds. The molecule has 0 aliphatic heterocycles. The van der Waals surface area contributed by atoms with Crippen LogP contribution in [0.3, 0.4) is 0 Å². The first kappa shape index (κ1) is 25.3. The number of benzene rings is 2. The fourth-order valence-corrected chi connectivity index (χ4v) is 4.12. The molecule has 0 spiro atoms. The molecule has 12 nitrogen and oxygen atoms in total. The predicted molar refractivity (Wildman–Crippen MR) is 123 cm³/mol. The molecule has 0 aliphatic rings. The van der Waals surface area contributed by atoms with Gasteiger partial charge in [0.1, 0.15) is 11.6 Å². The van der Waals surface area contributed by atoms with Crippen molar-refractivity contribution in [2.75, 3.05) is 19.0 Å². The highest BCUT2D eigenvalue weighted by atomic mass is 32.2. The van der Waals surface area contributed by atoms with Crippen molar-refractivity contribution in [3.63, 3.8) is 0 Å². The Morgan fingerprint density at radius 2 is 1.91 bits per heavy atom. The summed E-state index contributed by atoms with van der Waals surface area (Å²) in [6, 6.07) is 11.0. The third-order valence-corrected chi connectivity index (χ3v) is 6.18. The van der Waals surface area contributed by atoms with Crippen molar-refractivity contribution in [2.24, 2.45) is 10.2 Å². The fraction of sp³-hybridized carbons (Fsp3) is 0.200. The molecule has 0 bridgehead atoms. The smallest absolute Gasteiger partial charge is 0.294 e. The summed E-state index contributed by atoms with van der Waals surface area (Å²) in [5.41, 5.74) is 2.99. The van der Waals surface area contributed by atoms with Gasteiger partial charge < -0.3 is 4.90 Å². The maximum Gasteiger partial charge on any atom is 0.294 e. The molecule has 2 N–H and O–H groups in total. The zero-order chi connectivity index (χ0) is 25.0. The van der Waals surface area contributed by atoms with Crippen LogP contribution in [0, 0.1) is 25.2 Å². The molecule has 1 heterocycles. The summed E-state index contributed by atoms with van der Waals surface area (Å²) >= 11 is 0.544. The normalized spacial score (nSPS) is 11.7. The number of nitriles is 1. The summed E-state index contributed by atoms with van der Waals surface area (Å²) in [7, 11) is -0.713. The first-order chi connectivity index (χ1) is 16.1. The molecule has 34 heavy (non-hydrogen) atoms. The number of anilines is 1. The second-order valence-corrected chi connectivity index (χ2v) is 9.37. The molecule has 0 radical (unpaired) electrons. The maximum atomic E-state index is 11.7. The molecule has 0 fully saturated rings. The minimum Gasteiger partial charge on any atom is -0.377 e. The van der Waals surface area contributed by atoms with Crippen molar-refractivity contribution in [3.05, 3.63) is 53.2 Å². The van der Waals surface area contributed by atoms with E-state index in [0.29, 0.717) is 23.4 Å². The summed E-state index contributed by atoms with van der Waals surface area (Å²) in [5.74, 6) is 0.0218. The second kappa shape index (κ2) is 10.3. The molecule has 2 aromatic carbocycles. The van der Waals surface area contributed by atoms with Gasteiger partial charge in [0.2, 0.25) is 0 Å². The van der Waals surface area contributed by atoms with E-state index >= 15 is 0 Å². The van der Waals surface area contributed by atoms with Crippen LogP contribution in [0.2, 0.25) is 0 Å². The molecule has 3 rings (SSSR count). The van der Waals surface area contributed by atoms with Crippen molar-refractivity contribution >= 4 is 39.4 Å². The van der Waals surface area contributed by atoms with E-state index in [-0.39, 0.29) is 22.0 Å². The number of nitrogens with zero attached hydrogens (tertiary/aromatic N) is 6. The van der Waals surface area contributed by atoms with Gasteiger partial charge in [0.05, 0.1) is 38.9 Å². The van der Waals surface area contributed by atoms with E-state index in [0.717, 1.165) is 23.4 Å². The molecule has 14 heteroatoms. The standard InChI is InChI=1S/C20H20N6O6S2/c1-12-9-14(5-7-17(12)25(3)4)22-23-20-16(11-21)13(2)24-26(20)18-10-15(34(28,29)30)6-8-19(18)33-32-31-27/h5-10,27H,1-4H3,(H,28,29,30). The monoisotopic (exact) mass is 504 g/mol. The van der Waals surface area contributed by atoms with E-state index in [1.807, 2.05) is 44.1 Å². The van der Waals surface area contributed by atoms with Gasteiger partial charge in [-0.3, -0.25) is 4.55 Å². The fourth-order valence-electron chi connectivity index (χ4n) is 3.16. The van der Waals surface area contributed by atoms with Gasteiger partial charge in [0, 0.05) is 19.8 Å². The molecule has 1 aromatic heterocycles. The lowest BCUT2D eigenvalue weighted by molar-refractivity contribution is -0.432. The molecular weight excluding hydrogens is 484 g/mol. The van der Waals surface area contributed by atoms with Crippen LogP contribution in [-0.2, 0) is 19.5 Å². The number of aryl methyl sites for hydroxylation is 2. The minimum absolute atomic E-state index is 0.0218. The highest BCUT2D eigenvalue weighted by Gasteiger charge is 2.22. The third-order valence-electron chi connectivity index (χ3n) is 4.68. The lowest BCUT2D eigenvalue weighted by Gasteiger charge is -2.15. The quantitative estimate of drug-likeness (QED) is 0.147. The van der Waals surface area contributed by atoms with E-state index in [2.05, 4.69) is 24.7 Å². The van der Waals surface area contributed by atoms with Crippen LogP contribution in [0.5, 0.6) is 0 Å². The van der Waals surface area contributed by atoms with E-state index in [9.17, 15) is 18.2 Å². The summed E-state index contributed by atoms with van der Waals surface area (Å²) in [4.78, 5) is 1.76. The molecule has 0 saturated heterocycles. The predicted octanol–water partition coefficient (Wildman–Crippen LogP) is 4.52. The first-order valence-electron chi connectivity index (χ1n) is 9.53. The van der Waals surface area contributed by atoms with Gasteiger partial charge in [-0.2, -0.15) is 18.8 Å². The molecule has 0 unspecified atom stereocenters. The van der Waals surface area contributed by atoms with Gasteiger partial charge in [-0.25, -0.2) is 9.94 Å². The molecule has 3 aromatic rings. The average Bonchev–Trinajstić information content (AvgIpc) is 3.10. The minimum atomic E-state index is -4.56. The van der Waals surface area contributed by atoms with Crippen LogP contribution in [0.1, 0.15) is 16.8 Å². The Balaban J connectivity index is 2.18. The first-order valence-corrected chi connectivity index (χ1v) is 11.7. The van der Waals surface area contributed by atoms with Crippen molar-refractivity contribution in [1.29, 1.82) is 5.26 Å². The lowest BCUT2D eigenvalue weighted by atomic mass is 10.1. The summed E-state index contributed by atoms with van der Waals surface area (Å²) < 4.78 is 38.6. The molecule has 178 valence electrons. The Morgan fingerprint density at radius 3 is 2.50 bits per heavy atom. The van der Waals surface area contributed by atoms with Gasteiger partial charge in [-0.15, -0.1) is 14.6 Å². The zero-order valence-electron chi connectivity index (χ0n) is 18.5. The van der Waals surface area contributed by atoms with Crippen LogP contribution < -0.4 is 4.90 Å². The number of rotatable bonds is 8. The number of azo groups is 1. The molecular formula is C20H20N6O6S2. The summed E-state index contributed by atoms with van der Waals surface area (Å²) in [5, 5.41) is 34.6. The Morgan fingerprint density at radius 1 is 1.18 bits per heavy atom. The summed E-state index contributed by atoms with van der Waals surface area (Å²) in [6.45, 7) is 3.51. The van der Waals surface area contributed by atoms with Crippen LogP contribution >= 0.6 is 12.0 Å². The maximum absolute atomic E-state index is 11.7. The van der Waals surface area contributed by atoms with Crippen molar-refractivity contribution in [2.45, 2.75) is 23.6 Å². The summed E-state index contributed by atoms with van der Waals surface area (Å²) in [6.07, 6.45) is 0. The van der Waals surface area contributed by atoms with Crippen LogP contribution in [0.25, 0.3) is 5.69 Å². The third kappa shape index (κ3) is 5.42. The lowest BCUT2D eigenvalue weighted by Crippen LogP contribution is -2.09. The highest BCUT2D eigenvalue weighted by molar-refractivity contribution is 7.94. The topological polar surface area (TPSA) is 163 Å². The molecule has 0 saturated carbocycles. The molecule has 0 atom stereocenters. The Kier molecular flexibility index (Phi) is 7.67.